The molecule has 0 amide bonds. The molecule has 0 saturated heterocycles. The van der Waals surface area contributed by atoms with Crippen LogP contribution in [0.2, 0.25) is 0 Å². The van der Waals surface area contributed by atoms with Crippen molar-refractivity contribution >= 4 is 16.9 Å². The number of nitrogens with zero attached hydrogens (tertiary/aromatic N) is 3. The first-order chi connectivity index (χ1) is 10.4. The van der Waals surface area contributed by atoms with Gasteiger partial charge in [0, 0.05) is 35.9 Å². The average molecular weight is 297 g/mol. The molecule has 0 bridgehead atoms. The number of carbonyl (C=O) groups is 1. The van der Waals surface area contributed by atoms with Crippen LogP contribution in [0.5, 0.6) is 0 Å². The van der Waals surface area contributed by atoms with Crippen LogP contribution in [0.3, 0.4) is 0 Å². The summed E-state index contributed by atoms with van der Waals surface area (Å²) in [6.45, 7) is 6.00. The van der Waals surface area contributed by atoms with Gasteiger partial charge in [-0.1, -0.05) is 18.2 Å². The smallest absolute Gasteiger partial charge is 0.338 e. The minimum Gasteiger partial charge on any atom is -0.478 e. The van der Waals surface area contributed by atoms with Crippen molar-refractivity contribution in [2.75, 3.05) is 0 Å². The Bertz CT molecular complexity index is 872. The van der Waals surface area contributed by atoms with Crippen molar-refractivity contribution in [3.05, 3.63) is 41.7 Å². The van der Waals surface area contributed by atoms with E-state index in [2.05, 4.69) is 18.9 Å². The molecule has 2 aromatic heterocycles. The minimum absolute atomic E-state index is 0.237. The Morgan fingerprint density at radius 1 is 1.27 bits per heavy atom. The van der Waals surface area contributed by atoms with Gasteiger partial charge in [0.2, 0.25) is 0 Å². The Hall–Kier alpha value is -2.56. The zero-order valence-corrected chi connectivity index (χ0v) is 13.2. The van der Waals surface area contributed by atoms with E-state index in [9.17, 15) is 9.90 Å². The van der Waals surface area contributed by atoms with Gasteiger partial charge in [-0.05, 0) is 26.8 Å². The standard InChI is InChI=1S/C17H19N3O2/c1-10(2)20-14(8-9-18-20)12-6-5-7-13-15(17(21)22)11(3)19(4)16(12)13/h5-10H,1-4H3,(H,21,22). The second-order valence-electron chi connectivity index (χ2n) is 5.78. The van der Waals surface area contributed by atoms with Crippen molar-refractivity contribution < 1.29 is 9.90 Å². The van der Waals surface area contributed by atoms with Crippen molar-refractivity contribution in [1.29, 1.82) is 0 Å². The Balaban J connectivity index is 2.40. The fourth-order valence-electron chi connectivity index (χ4n) is 3.05. The first-order valence-corrected chi connectivity index (χ1v) is 7.28. The fourth-order valence-corrected chi connectivity index (χ4v) is 3.05. The molecular formula is C17H19N3O2. The van der Waals surface area contributed by atoms with E-state index in [4.69, 9.17) is 0 Å². The minimum atomic E-state index is -0.891. The number of hydrogen-bond acceptors (Lipinski definition) is 2. The number of carboxylic acid groups (broad SMARTS) is 1. The van der Waals surface area contributed by atoms with Crippen molar-refractivity contribution in [3.63, 3.8) is 0 Å². The summed E-state index contributed by atoms with van der Waals surface area (Å²) in [7, 11) is 1.91. The molecule has 3 aromatic rings. The molecule has 0 saturated carbocycles. The van der Waals surface area contributed by atoms with Gasteiger partial charge in [0.1, 0.15) is 0 Å². The second kappa shape index (κ2) is 5.02. The van der Waals surface area contributed by atoms with Gasteiger partial charge >= 0.3 is 5.97 Å². The van der Waals surface area contributed by atoms with Crippen molar-refractivity contribution in [1.82, 2.24) is 14.3 Å². The van der Waals surface area contributed by atoms with E-state index in [1.165, 1.54) is 0 Å². The molecule has 0 radical (unpaired) electrons. The van der Waals surface area contributed by atoms with Gasteiger partial charge in [-0.25, -0.2) is 4.79 Å². The predicted octanol–water partition coefficient (Wildman–Crippen LogP) is 3.63. The zero-order valence-electron chi connectivity index (χ0n) is 13.2. The maximum Gasteiger partial charge on any atom is 0.338 e. The lowest BCUT2D eigenvalue weighted by molar-refractivity contribution is 0.0698. The largest absolute Gasteiger partial charge is 0.478 e. The Labute approximate surface area is 128 Å². The van der Waals surface area contributed by atoms with Crippen LogP contribution < -0.4 is 0 Å². The van der Waals surface area contributed by atoms with Crippen LogP contribution in [-0.4, -0.2) is 25.4 Å². The summed E-state index contributed by atoms with van der Waals surface area (Å²) in [6.07, 6.45) is 1.78. The van der Waals surface area contributed by atoms with Crippen LogP contribution in [0.4, 0.5) is 0 Å². The maximum absolute atomic E-state index is 11.6. The van der Waals surface area contributed by atoms with Gasteiger partial charge in [-0.15, -0.1) is 0 Å². The van der Waals surface area contributed by atoms with Gasteiger partial charge < -0.3 is 9.67 Å². The van der Waals surface area contributed by atoms with Gasteiger partial charge in [-0.3, -0.25) is 4.68 Å². The first-order valence-electron chi connectivity index (χ1n) is 7.28. The summed E-state index contributed by atoms with van der Waals surface area (Å²) in [5, 5.41) is 14.7. The Kier molecular flexibility index (Phi) is 3.28. The molecule has 0 unspecified atom stereocenters. The van der Waals surface area contributed by atoms with E-state index >= 15 is 0 Å². The third kappa shape index (κ3) is 1.93. The third-order valence-corrected chi connectivity index (χ3v) is 4.15. The summed E-state index contributed by atoms with van der Waals surface area (Å²) >= 11 is 0. The summed E-state index contributed by atoms with van der Waals surface area (Å²) in [5.41, 5.74) is 4.06. The topological polar surface area (TPSA) is 60.0 Å². The van der Waals surface area contributed by atoms with E-state index in [0.717, 1.165) is 27.9 Å². The SMILES string of the molecule is Cc1c(C(=O)O)c2cccc(-c3ccnn3C(C)C)c2n1C. The molecule has 3 rings (SSSR count). The van der Waals surface area contributed by atoms with Crippen LogP contribution in [0.25, 0.3) is 22.2 Å². The van der Waals surface area contributed by atoms with Crippen LogP contribution in [0.1, 0.15) is 35.9 Å². The number of para-hydroxylation sites is 1. The lowest BCUT2D eigenvalue weighted by Gasteiger charge is -2.13. The molecule has 2 heterocycles. The predicted molar refractivity (Wildman–Crippen MR) is 86.2 cm³/mol. The summed E-state index contributed by atoms with van der Waals surface area (Å²) in [6, 6.07) is 7.99. The van der Waals surface area contributed by atoms with Crippen molar-refractivity contribution in [3.8, 4) is 11.3 Å². The molecule has 0 spiro atoms. The van der Waals surface area contributed by atoms with Crippen molar-refractivity contribution in [2.24, 2.45) is 7.05 Å². The molecule has 1 aromatic carbocycles. The Morgan fingerprint density at radius 2 is 2.00 bits per heavy atom. The van der Waals surface area contributed by atoms with E-state index in [0.29, 0.717) is 5.56 Å². The molecular weight excluding hydrogens is 278 g/mol. The highest BCUT2D eigenvalue weighted by Crippen LogP contribution is 2.34. The number of fused-ring (bicyclic) bond motifs is 1. The highest BCUT2D eigenvalue weighted by Gasteiger charge is 2.21. The molecule has 1 N–H and O–H groups in total. The van der Waals surface area contributed by atoms with Crippen molar-refractivity contribution in [2.45, 2.75) is 26.8 Å². The zero-order chi connectivity index (χ0) is 16.0. The monoisotopic (exact) mass is 297 g/mol. The van der Waals surface area contributed by atoms with Gasteiger partial charge in [0.25, 0.3) is 0 Å². The number of benzene rings is 1. The quantitative estimate of drug-likeness (QED) is 0.803. The molecule has 0 atom stereocenters. The van der Waals surface area contributed by atoms with E-state index in [1.54, 1.807) is 6.20 Å². The lowest BCUT2D eigenvalue weighted by atomic mass is 10.1. The summed E-state index contributed by atoms with van der Waals surface area (Å²) in [4.78, 5) is 11.6. The van der Waals surface area contributed by atoms with Crippen LogP contribution in [0, 0.1) is 6.92 Å². The van der Waals surface area contributed by atoms with E-state index in [-0.39, 0.29) is 6.04 Å². The van der Waals surface area contributed by atoms with Crippen LogP contribution >= 0.6 is 0 Å². The lowest BCUT2D eigenvalue weighted by Crippen LogP contribution is -2.05. The molecule has 22 heavy (non-hydrogen) atoms. The molecule has 0 aliphatic carbocycles. The van der Waals surface area contributed by atoms with Gasteiger partial charge in [-0.2, -0.15) is 5.10 Å². The average Bonchev–Trinajstić information content (AvgIpc) is 3.03. The molecule has 114 valence electrons. The number of aryl methyl sites for hydroxylation is 1. The number of rotatable bonds is 3. The summed E-state index contributed by atoms with van der Waals surface area (Å²) in [5.74, 6) is -0.891. The summed E-state index contributed by atoms with van der Waals surface area (Å²) < 4.78 is 3.91. The van der Waals surface area contributed by atoms with E-state index < -0.39 is 5.97 Å². The van der Waals surface area contributed by atoms with Gasteiger partial charge in [0.05, 0.1) is 16.8 Å². The second-order valence-corrected chi connectivity index (χ2v) is 5.78. The van der Waals surface area contributed by atoms with Gasteiger partial charge in [0.15, 0.2) is 0 Å². The number of hydrogen-bond donors (Lipinski definition) is 1. The number of aromatic carboxylic acids is 1. The highest BCUT2D eigenvalue weighted by atomic mass is 16.4. The Morgan fingerprint density at radius 3 is 2.64 bits per heavy atom. The molecule has 5 heteroatoms. The highest BCUT2D eigenvalue weighted by molar-refractivity contribution is 6.08. The normalized spacial score (nSPS) is 11.5. The van der Waals surface area contributed by atoms with Crippen LogP contribution in [-0.2, 0) is 7.05 Å². The first kappa shape index (κ1) is 14.4. The number of carboxylic acids is 1. The fraction of sp³-hybridized carbons (Fsp3) is 0.294. The number of aromatic nitrogens is 3. The van der Waals surface area contributed by atoms with E-state index in [1.807, 2.05) is 47.5 Å². The molecule has 5 nitrogen and oxygen atoms in total. The third-order valence-electron chi connectivity index (χ3n) is 4.15. The maximum atomic E-state index is 11.6. The molecule has 0 aliphatic heterocycles. The molecule has 0 aliphatic rings. The molecule has 0 fully saturated rings. The van der Waals surface area contributed by atoms with Crippen LogP contribution in [0.15, 0.2) is 30.5 Å².